The number of aryl methyl sites for hydroxylation is 4. The second-order valence-corrected chi connectivity index (χ2v) is 13.3. The molecular formula is C42H76Br2N2. The van der Waals surface area contributed by atoms with Gasteiger partial charge < -0.3 is 34.0 Å². The Morgan fingerprint density at radius 2 is 0.630 bits per heavy atom. The summed E-state index contributed by atoms with van der Waals surface area (Å²) in [5.74, 6) is 0. The number of pyridine rings is 2. The molecule has 0 radical (unpaired) electrons. The highest BCUT2D eigenvalue weighted by Gasteiger charge is 2.10. The summed E-state index contributed by atoms with van der Waals surface area (Å²) < 4.78 is 4.98. The molecule has 0 bridgehead atoms. The fourth-order valence-corrected chi connectivity index (χ4v) is 6.21. The topological polar surface area (TPSA) is 7.76 Å². The summed E-state index contributed by atoms with van der Waals surface area (Å²) in [4.78, 5) is 0. The molecule has 0 aromatic carbocycles. The maximum Gasteiger partial charge on any atom is 0.181 e. The highest BCUT2D eigenvalue weighted by atomic mass is 79.9. The van der Waals surface area contributed by atoms with Crippen LogP contribution in [-0.4, -0.2) is 0 Å². The smallest absolute Gasteiger partial charge is 0.181 e. The number of halogens is 2. The second kappa shape index (κ2) is 37.1. The van der Waals surface area contributed by atoms with Gasteiger partial charge in [0.2, 0.25) is 0 Å². The van der Waals surface area contributed by atoms with Crippen molar-refractivity contribution in [3.8, 4) is 0 Å². The zero-order chi connectivity index (χ0) is 31.8. The molecule has 0 aliphatic rings. The molecule has 0 spiro atoms. The van der Waals surface area contributed by atoms with Gasteiger partial charge in [0.15, 0.2) is 23.8 Å². The minimum atomic E-state index is 0. The van der Waals surface area contributed by atoms with E-state index in [0.717, 1.165) is 0 Å². The molecule has 2 rings (SSSR count). The van der Waals surface area contributed by atoms with Crippen LogP contribution in [0.15, 0.2) is 48.8 Å². The highest BCUT2D eigenvalue weighted by molar-refractivity contribution is 4.98. The van der Waals surface area contributed by atoms with Crippen LogP contribution in [0.3, 0.4) is 0 Å². The summed E-state index contributed by atoms with van der Waals surface area (Å²) in [7, 11) is 0. The van der Waals surface area contributed by atoms with Crippen LogP contribution >= 0.6 is 0 Å². The average Bonchev–Trinajstić information content (AvgIpc) is 3.05. The number of hydrogen-bond acceptors (Lipinski definition) is 0. The van der Waals surface area contributed by atoms with Gasteiger partial charge in [-0.1, -0.05) is 155 Å². The lowest BCUT2D eigenvalue weighted by molar-refractivity contribution is -0.704. The lowest BCUT2D eigenvalue weighted by atomic mass is 10.1. The quantitative estimate of drug-likeness (QED) is 0.0693. The van der Waals surface area contributed by atoms with E-state index in [9.17, 15) is 0 Å². The molecule has 268 valence electrons. The molecule has 4 heteroatoms. The van der Waals surface area contributed by atoms with Gasteiger partial charge in [0.05, 0.1) is 0 Å². The van der Waals surface area contributed by atoms with Crippen molar-refractivity contribution < 1.29 is 43.1 Å². The molecule has 2 nitrogen and oxygen atoms in total. The molecular weight excluding hydrogens is 692 g/mol. The maximum atomic E-state index is 2.49. The van der Waals surface area contributed by atoms with Gasteiger partial charge in [0, 0.05) is 49.9 Å². The van der Waals surface area contributed by atoms with Gasteiger partial charge in [-0.25, -0.2) is 9.13 Å². The van der Waals surface area contributed by atoms with Gasteiger partial charge in [-0.15, -0.1) is 0 Å². The normalized spacial score (nSPS) is 10.5. The predicted molar refractivity (Wildman–Crippen MR) is 194 cm³/mol. The molecule has 0 aliphatic carbocycles. The van der Waals surface area contributed by atoms with Crippen molar-refractivity contribution in [2.75, 3.05) is 0 Å². The predicted octanol–water partition coefficient (Wildman–Crippen LogP) is 6.48. The molecule has 0 amide bonds. The van der Waals surface area contributed by atoms with Crippen LogP contribution in [0.2, 0.25) is 0 Å². The van der Waals surface area contributed by atoms with E-state index in [2.05, 4.69) is 85.6 Å². The first-order chi connectivity index (χ1) is 21.8. The SMILES string of the molecule is CCCCCCCCc1cccc[n+]1CCCCCCCC.CCCCCCCCc1cccc[n+]1CCCCCCCC.[Br-].[Br-]. The molecule has 46 heavy (non-hydrogen) atoms. The van der Waals surface area contributed by atoms with Crippen LogP contribution < -0.4 is 43.1 Å². The van der Waals surface area contributed by atoms with Gasteiger partial charge in [-0.3, -0.25) is 0 Å². The molecule has 0 aliphatic heterocycles. The minimum absolute atomic E-state index is 0. The first-order valence-corrected chi connectivity index (χ1v) is 19.7. The monoisotopic (exact) mass is 766 g/mol. The Labute approximate surface area is 309 Å². The van der Waals surface area contributed by atoms with E-state index in [-0.39, 0.29) is 34.0 Å². The van der Waals surface area contributed by atoms with Crippen LogP contribution in [0.5, 0.6) is 0 Å². The first-order valence-electron chi connectivity index (χ1n) is 19.7. The van der Waals surface area contributed by atoms with Gasteiger partial charge >= 0.3 is 0 Å². The van der Waals surface area contributed by atoms with Gasteiger partial charge in [0.25, 0.3) is 0 Å². The second-order valence-electron chi connectivity index (χ2n) is 13.3. The van der Waals surface area contributed by atoms with Crippen molar-refractivity contribution in [2.24, 2.45) is 0 Å². The molecule has 0 N–H and O–H groups in total. The van der Waals surface area contributed by atoms with E-state index in [1.54, 1.807) is 0 Å². The Bertz CT molecular complexity index is 731. The van der Waals surface area contributed by atoms with Crippen molar-refractivity contribution in [3.63, 3.8) is 0 Å². The minimum Gasteiger partial charge on any atom is -1.00 e. The molecule has 0 saturated heterocycles. The molecule has 0 atom stereocenters. The van der Waals surface area contributed by atoms with Crippen molar-refractivity contribution in [2.45, 2.75) is 208 Å². The van der Waals surface area contributed by atoms with E-state index in [0.29, 0.717) is 0 Å². The fourth-order valence-electron chi connectivity index (χ4n) is 6.21. The molecule has 0 saturated carbocycles. The van der Waals surface area contributed by atoms with E-state index < -0.39 is 0 Å². The maximum absolute atomic E-state index is 2.49. The first kappa shape index (κ1) is 47.4. The molecule has 0 unspecified atom stereocenters. The lowest BCUT2D eigenvalue weighted by Crippen LogP contribution is -3.00. The molecule has 2 heterocycles. The Morgan fingerprint density at radius 1 is 0.348 bits per heavy atom. The number of hydrogen-bond donors (Lipinski definition) is 0. The Kier molecular flexibility index (Phi) is 38.2. The van der Waals surface area contributed by atoms with Crippen LogP contribution in [0, 0.1) is 0 Å². The van der Waals surface area contributed by atoms with Crippen molar-refractivity contribution in [1.82, 2.24) is 0 Å². The lowest BCUT2D eigenvalue weighted by Gasteiger charge is -2.05. The standard InChI is InChI=1S/2C21H38N.2BrH/c2*1-3-5-7-9-11-13-17-21-18-14-16-20-22(21)19-15-12-10-8-6-4-2;;/h2*14,16,18,20H,3-13,15,17,19H2,1-2H3;2*1H/q2*+1;;/p-2. The largest absolute Gasteiger partial charge is 1.00 e. The van der Waals surface area contributed by atoms with Gasteiger partial charge in [-0.2, -0.15) is 0 Å². The highest BCUT2D eigenvalue weighted by Crippen LogP contribution is 2.10. The van der Waals surface area contributed by atoms with Crippen molar-refractivity contribution in [3.05, 3.63) is 60.2 Å². The third-order valence-corrected chi connectivity index (χ3v) is 9.15. The Morgan fingerprint density at radius 3 is 0.957 bits per heavy atom. The number of aromatic nitrogens is 2. The molecule has 2 aromatic heterocycles. The summed E-state index contributed by atoms with van der Waals surface area (Å²) >= 11 is 0. The summed E-state index contributed by atoms with van der Waals surface area (Å²) in [5.41, 5.74) is 3.07. The zero-order valence-electron chi connectivity index (χ0n) is 31.1. The average molecular weight is 769 g/mol. The van der Waals surface area contributed by atoms with Crippen LogP contribution in [-0.2, 0) is 25.9 Å². The molecule has 0 fully saturated rings. The van der Waals surface area contributed by atoms with Crippen LogP contribution in [0.1, 0.15) is 193 Å². The number of rotatable bonds is 28. The summed E-state index contributed by atoms with van der Waals surface area (Å²) in [6.45, 7) is 11.6. The zero-order valence-corrected chi connectivity index (χ0v) is 34.2. The van der Waals surface area contributed by atoms with Crippen LogP contribution in [0.4, 0.5) is 0 Å². The number of unbranched alkanes of at least 4 members (excludes halogenated alkanes) is 20. The van der Waals surface area contributed by atoms with E-state index in [1.807, 2.05) is 0 Å². The van der Waals surface area contributed by atoms with Gasteiger partial charge in [0.1, 0.15) is 13.1 Å². The van der Waals surface area contributed by atoms with E-state index >= 15 is 0 Å². The third-order valence-electron chi connectivity index (χ3n) is 9.15. The third kappa shape index (κ3) is 27.2. The Hall–Kier alpha value is -0.740. The molecule has 2 aromatic rings. The van der Waals surface area contributed by atoms with Crippen molar-refractivity contribution in [1.29, 1.82) is 0 Å². The van der Waals surface area contributed by atoms with Crippen molar-refractivity contribution >= 4 is 0 Å². The summed E-state index contributed by atoms with van der Waals surface area (Å²) in [6.07, 6.45) is 40.3. The van der Waals surface area contributed by atoms with E-state index in [4.69, 9.17) is 0 Å². The van der Waals surface area contributed by atoms with Crippen LogP contribution in [0.25, 0.3) is 0 Å². The van der Waals surface area contributed by atoms with Gasteiger partial charge in [-0.05, 0) is 25.7 Å². The Balaban J connectivity index is 0. The summed E-state index contributed by atoms with van der Waals surface area (Å²) in [5, 5.41) is 0. The number of nitrogens with zero attached hydrogens (tertiary/aromatic N) is 2. The van der Waals surface area contributed by atoms with E-state index in [1.165, 1.54) is 191 Å². The fraction of sp³-hybridized carbons (Fsp3) is 0.762. The summed E-state index contributed by atoms with van der Waals surface area (Å²) in [6, 6.07) is 13.4.